The summed E-state index contributed by atoms with van der Waals surface area (Å²) in [4.78, 5) is 11.6. The van der Waals surface area contributed by atoms with Gasteiger partial charge in [0.15, 0.2) is 0 Å². The molecule has 0 bridgehead atoms. The minimum Gasteiger partial charge on any atom is -0.322 e. The first kappa shape index (κ1) is 13.6. The predicted octanol–water partition coefficient (Wildman–Crippen LogP) is 3.29. The van der Waals surface area contributed by atoms with Gasteiger partial charge >= 0.3 is 6.18 Å². The van der Waals surface area contributed by atoms with Crippen LogP contribution >= 0.6 is 0 Å². The van der Waals surface area contributed by atoms with Crippen molar-refractivity contribution < 1.29 is 18.0 Å². The SMILES string of the molecule is Cc1ccc([C@@H]2C=C(C(F)(F)F)NC(=O)[C@H]2C)cc1. The molecule has 19 heavy (non-hydrogen) atoms. The molecule has 1 aromatic carbocycles. The summed E-state index contributed by atoms with van der Waals surface area (Å²) in [5.41, 5.74) is 0.771. The fourth-order valence-electron chi connectivity index (χ4n) is 2.11. The second-order valence-corrected chi connectivity index (χ2v) is 4.79. The van der Waals surface area contributed by atoms with E-state index >= 15 is 0 Å². The standard InChI is InChI=1S/C14H14F3NO/c1-8-3-5-10(6-4-8)11-7-12(14(15,16)17)18-13(19)9(11)2/h3-7,9,11H,1-2H3,(H,18,19)/t9-,11+/m0/s1. The smallest absolute Gasteiger partial charge is 0.322 e. The zero-order chi connectivity index (χ0) is 14.2. The van der Waals surface area contributed by atoms with Gasteiger partial charge in [0.1, 0.15) is 5.70 Å². The fraction of sp³-hybridized carbons (Fsp3) is 0.357. The van der Waals surface area contributed by atoms with Crippen molar-refractivity contribution in [2.75, 3.05) is 0 Å². The molecular formula is C14H14F3NO. The van der Waals surface area contributed by atoms with Crippen LogP contribution in [0.15, 0.2) is 36.0 Å². The Bertz CT molecular complexity index is 516. The van der Waals surface area contributed by atoms with Crippen LogP contribution in [0, 0.1) is 12.8 Å². The quantitative estimate of drug-likeness (QED) is 0.832. The Kier molecular flexibility index (Phi) is 3.39. The number of allylic oxidation sites excluding steroid dienone is 2. The monoisotopic (exact) mass is 269 g/mol. The van der Waals surface area contributed by atoms with E-state index in [1.807, 2.05) is 24.4 Å². The van der Waals surface area contributed by atoms with E-state index < -0.39 is 29.6 Å². The molecule has 2 nitrogen and oxygen atoms in total. The van der Waals surface area contributed by atoms with Gasteiger partial charge < -0.3 is 5.32 Å². The molecule has 0 saturated carbocycles. The zero-order valence-electron chi connectivity index (χ0n) is 10.6. The van der Waals surface area contributed by atoms with E-state index in [-0.39, 0.29) is 0 Å². The van der Waals surface area contributed by atoms with Crippen molar-refractivity contribution in [3.8, 4) is 0 Å². The van der Waals surface area contributed by atoms with Crippen molar-refractivity contribution >= 4 is 5.91 Å². The maximum absolute atomic E-state index is 12.7. The van der Waals surface area contributed by atoms with Crippen LogP contribution < -0.4 is 5.32 Å². The highest BCUT2D eigenvalue weighted by atomic mass is 19.4. The summed E-state index contributed by atoms with van der Waals surface area (Å²) in [6.45, 7) is 3.53. The van der Waals surface area contributed by atoms with Crippen molar-refractivity contribution in [1.29, 1.82) is 0 Å². The van der Waals surface area contributed by atoms with Gasteiger partial charge in [-0.3, -0.25) is 4.79 Å². The van der Waals surface area contributed by atoms with E-state index in [0.29, 0.717) is 0 Å². The number of alkyl halides is 3. The molecule has 2 rings (SSSR count). The van der Waals surface area contributed by atoms with Crippen LogP contribution in [0.4, 0.5) is 13.2 Å². The summed E-state index contributed by atoms with van der Waals surface area (Å²) in [6, 6.07) is 7.19. The lowest BCUT2D eigenvalue weighted by Gasteiger charge is -2.28. The molecular weight excluding hydrogens is 255 g/mol. The maximum atomic E-state index is 12.7. The molecule has 1 aromatic rings. The molecule has 0 aromatic heterocycles. The van der Waals surface area contributed by atoms with Crippen LogP contribution in [0.3, 0.4) is 0 Å². The van der Waals surface area contributed by atoms with E-state index in [0.717, 1.165) is 17.2 Å². The third-order valence-electron chi connectivity index (χ3n) is 3.32. The van der Waals surface area contributed by atoms with Crippen molar-refractivity contribution in [1.82, 2.24) is 5.32 Å². The minimum absolute atomic E-state index is 0.520. The molecule has 0 radical (unpaired) electrons. The number of nitrogens with one attached hydrogen (secondary N) is 1. The van der Waals surface area contributed by atoms with Gasteiger partial charge in [0.05, 0.1) is 0 Å². The van der Waals surface area contributed by atoms with Crippen LogP contribution in [0.25, 0.3) is 0 Å². The summed E-state index contributed by atoms with van der Waals surface area (Å²) in [5.74, 6) is -1.67. The number of aryl methyl sites for hydroxylation is 1. The van der Waals surface area contributed by atoms with Crippen LogP contribution in [0.1, 0.15) is 24.0 Å². The first-order chi connectivity index (χ1) is 8.79. The van der Waals surface area contributed by atoms with Gasteiger partial charge in [-0.2, -0.15) is 13.2 Å². The van der Waals surface area contributed by atoms with E-state index in [2.05, 4.69) is 0 Å². The summed E-state index contributed by atoms with van der Waals surface area (Å²) in [6.07, 6.45) is -3.44. The summed E-state index contributed by atoms with van der Waals surface area (Å²) < 4.78 is 38.1. The predicted molar refractivity (Wildman–Crippen MR) is 65.4 cm³/mol. The average Bonchev–Trinajstić information content (AvgIpc) is 2.32. The van der Waals surface area contributed by atoms with Crippen molar-refractivity contribution in [3.63, 3.8) is 0 Å². The van der Waals surface area contributed by atoms with Crippen LogP contribution in [0.5, 0.6) is 0 Å². The summed E-state index contributed by atoms with van der Waals surface area (Å²) in [7, 11) is 0. The zero-order valence-corrected chi connectivity index (χ0v) is 10.6. The molecule has 2 atom stereocenters. The molecule has 0 fully saturated rings. The van der Waals surface area contributed by atoms with E-state index in [4.69, 9.17) is 0 Å². The number of hydrogen-bond acceptors (Lipinski definition) is 1. The second-order valence-electron chi connectivity index (χ2n) is 4.79. The lowest BCUT2D eigenvalue weighted by atomic mass is 9.83. The molecule has 1 N–H and O–H groups in total. The van der Waals surface area contributed by atoms with Crippen molar-refractivity contribution in [2.24, 2.45) is 5.92 Å². The number of benzene rings is 1. The number of carbonyl (C=O) groups excluding carboxylic acids is 1. The first-order valence-electron chi connectivity index (χ1n) is 5.95. The van der Waals surface area contributed by atoms with Gasteiger partial charge in [0, 0.05) is 11.8 Å². The highest BCUT2D eigenvalue weighted by molar-refractivity contribution is 5.83. The highest BCUT2D eigenvalue weighted by Gasteiger charge is 2.41. The average molecular weight is 269 g/mol. The Labute approximate surface area is 109 Å². The first-order valence-corrected chi connectivity index (χ1v) is 5.95. The molecule has 102 valence electrons. The van der Waals surface area contributed by atoms with E-state index in [1.165, 1.54) is 0 Å². The molecule has 1 aliphatic heterocycles. The molecule has 0 spiro atoms. The normalized spacial score (nSPS) is 23.8. The lowest BCUT2D eigenvalue weighted by Crippen LogP contribution is -2.41. The molecule has 1 heterocycles. The van der Waals surface area contributed by atoms with Crippen molar-refractivity contribution in [2.45, 2.75) is 25.9 Å². The molecule has 0 saturated heterocycles. The minimum atomic E-state index is -4.53. The largest absolute Gasteiger partial charge is 0.431 e. The van der Waals surface area contributed by atoms with Gasteiger partial charge in [-0.05, 0) is 18.6 Å². The second kappa shape index (κ2) is 4.72. The Balaban J connectivity index is 2.41. The third kappa shape index (κ3) is 2.80. The fourth-order valence-corrected chi connectivity index (χ4v) is 2.11. The van der Waals surface area contributed by atoms with Gasteiger partial charge in [-0.1, -0.05) is 36.8 Å². The number of carbonyl (C=O) groups is 1. The summed E-state index contributed by atoms with van der Waals surface area (Å²) in [5, 5.41) is 1.91. The van der Waals surface area contributed by atoms with Crippen LogP contribution in [-0.4, -0.2) is 12.1 Å². The summed E-state index contributed by atoms with van der Waals surface area (Å²) >= 11 is 0. The molecule has 0 unspecified atom stereocenters. The van der Waals surface area contributed by atoms with Gasteiger partial charge in [0.25, 0.3) is 0 Å². The molecule has 0 aliphatic carbocycles. The van der Waals surface area contributed by atoms with E-state index in [1.54, 1.807) is 19.1 Å². The topological polar surface area (TPSA) is 29.1 Å². The Morgan fingerprint density at radius 2 is 1.74 bits per heavy atom. The number of hydrogen-bond donors (Lipinski definition) is 1. The third-order valence-corrected chi connectivity index (χ3v) is 3.32. The molecule has 1 aliphatic rings. The highest BCUT2D eigenvalue weighted by Crippen LogP contribution is 2.35. The Morgan fingerprint density at radius 3 is 2.26 bits per heavy atom. The van der Waals surface area contributed by atoms with E-state index in [9.17, 15) is 18.0 Å². The Morgan fingerprint density at radius 1 is 1.16 bits per heavy atom. The van der Waals surface area contributed by atoms with Crippen LogP contribution in [-0.2, 0) is 4.79 Å². The van der Waals surface area contributed by atoms with Crippen LogP contribution in [0.2, 0.25) is 0 Å². The number of rotatable bonds is 1. The number of amides is 1. The van der Waals surface area contributed by atoms with Crippen molar-refractivity contribution in [3.05, 3.63) is 47.2 Å². The Hall–Kier alpha value is -1.78. The van der Waals surface area contributed by atoms with Gasteiger partial charge in [-0.25, -0.2) is 0 Å². The van der Waals surface area contributed by atoms with Gasteiger partial charge in [-0.15, -0.1) is 0 Å². The maximum Gasteiger partial charge on any atom is 0.431 e. The number of halogens is 3. The lowest BCUT2D eigenvalue weighted by molar-refractivity contribution is -0.131. The van der Waals surface area contributed by atoms with Gasteiger partial charge in [0.2, 0.25) is 5.91 Å². The molecule has 5 heteroatoms. The molecule has 1 amide bonds.